The molecule has 3 rings (SSSR count). The minimum Gasteiger partial charge on any atom is -0.480 e. The first kappa shape index (κ1) is 16.2. The lowest BCUT2D eigenvalue weighted by atomic mass is 10.1. The highest BCUT2D eigenvalue weighted by atomic mass is 79.9. The van der Waals surface area contributed by atoms with Crippen LogP contribution in [-0.4, -0.2) is 12.3 Å². The molecule has 0 atom stereocenters. The number of hydrogen-bond donors (Lipinski definition) is 0. The number of rotatable bonds is 4. The van der Waals surface area contributed by atoms with E-state index in [9.17, 15) is 0 Å². The SMILES string of the molecule is C#CCOc1ccc(/C=C2\ON(c3ccccc3)N=C2C)cc1Br. The first-order valence-corrected chi connectivity index (χ1v) is 8.13. The maximum absolute atomic E-state index is 5.82. The van der Waals surface area contributed by atoms with Gasteiger partial charge in [0.15, 0.2) is 5.76 Å². The normalized spacial score (nSPS) is 15.0. The molecule has 0 aliphatic carbocycles. The number of nitrogens with zero attached hydrogens (tertiary/aromatic N) is 2. The molecule has 0 N–H and O–H groups in total. The Kier molecular flexibility index (Phi) is 4.88. The zero-order chi connectivity index (χ0) is 16.9. The predicted molar refractivity (Wildman–Crippen MR) is 99.6 cm³/mol. The number of benzene rings is 2. The number of hydrazone groups is 1. The number of anilines is 1. The van der Waals surface area contributed by atoms with Crippen molar-refractivity contribution in [3.05, 3.63) is 64.3 Å². The molecule has 1 aliphatic heterocycles. The Morgan fingerprint density at radius 2 is 2.08 bits per heavy atom. The number of ether oxygens (including phenoxy) is 1. The van der Waals surface area contributed by atoms with E-state index in [0.717, 1.165) is 21.4 Å². The molecule has 4 nitrogen and oxygen atoms in total. The van der Waals surface area contributed by atoms with Gasteiger partial charge in [0.05, 0.1) is 4.47 Å². The van der Waals surface area contributed by atoms with Crippen molar-refractivity contribution in [1.82, 2.24) is 0 Å². The van der Waals surface area contributed by atoms with Crippen molar-refractivity contribution in [1.29, 1.82) is 0 Å². The number of hydrogen-bond acceptors (Lipinski definition) is 4. The van der Waals surface area contributed by atoms with Crippen LogP contribution in [0.3, 0.4) is 0 Å². The van der Waals surface area contributed by atoms with Gasteiger partial charge in [-0.25, -0.2) is 0 Å². The van der Waals surface area contributed by atoms with Gasteiger partial charge in [0.2, 0.25) is 0 Å². The number of para-hydroxylation sites is 1. The maximum atomic E-state index is 5.82. The second-order valence-corrected chi connectivity index (χ2v) is 5.93. The monoisotopic (exact) mass is 382 g/mol. The van der Waals surface area contributed by atoms with E-state index >= 15 is 0 Å². The lowest BCUT2D eigenvalue weighted by Crippen LogP contribution is -2.09. The van der Waals surface area contributed by atoms with Crippen molar-refractivity contribution in [2.75, 3.05) is 11.8 Å². The van der Waals surface area contributed by atoms with Gasteiger partial charge in [-0.2, -0.15) is 0 Å². The summed E-state index contributed by atoms with van der Waals surface area (Å²) in [5.74, 6) is 3.85. The van der Waals surface area contributed by atoms with E-state index in [1.807, 2.05) is 61.5 Å². The summed E-state index contributed by atoms with van der Waals surface area (Å²) in [5, 5.41) is 5.93. The molecule has 0 amide bonds. The summed E-state index contributed by atoms with van der Waals surface area (Å²) in [7, 11) is 0. The molecule has 0 spiro atoms. The molecule has 0 saturated carbocycles. The van der Waals surface area contributed by atoms with Crippen LogP contribution in [0.25, 0.3) is 6.08 Å². The second kappa shape index (κ2) is 7.24. The molecule has 0 fully saturated rings. The average Bonchev–Trinajstić information content (AvgIpc) is 2.96. The lowest BCUT2D eigenvalue weighted by molar-refractivity contribution is 0.222. The van der Waals surface area contributed by atoms with Gasteiger partial charge in [0, 0.05) is 0 Å². The van der Waals surface area contributed by atoms with Crippen LogP contribution in [0.4, 0.5) is 5.69 Å². The van der Waals surface area contributed by atoms with Crippen LogP contribution in [0.1, 0.15) is 12.5 Å². The Morgan fingerprint density at radius 1 is 1.29 bits per heavy atom. The smallest absolute Gasteiger partial charge is 0.181 e. The number of halogens is 1. The predicted octanol–water partition coefficient (Wildman–Crippen LogP) is 4.63. The molecular formula is C19H15BrN2O2. The van der Waals surface area contributed by atoms with Crippen LogP contribution in [0, 0.1) is 12.3 Å². The van der Waals surface area contributed by atoms with E-state index in [-0.39, 0.29) is 6.61 Å². The third-order valence-corrected chi connectivity index (χ3v) is 3.94. The summed E-state index contributed by atoms with van der Waals surface area (Å²) in [6, 6.07) is 15.5. The Balaban J connectivity index is 1.79. The molecule has 0 unspecified atom stereocenters. The van der Waals surface area contributed by atoms with E-state index in [1.54, 1.807) is 0 Å². The third-order valence-electron chi connectivity index (χ3n) is 3.32. The number of allylic oxidation sites excluding steroid dienone is 1. The molecule has 1 heterocycles. The van der Waals surface area contributed by atoms with Crippen molar-refractivity contribution in [2.45, 2.75) is 6.92 Å². The summed E-state index contributed by atoms with van der Waals surface area (Å²) in [5.41, 5.74) is 2.65. The molecule has 24 heavy (non-hydrogen) atoms. The highest BCUT2D eigenvalue weighted by Crippen LogP contribution is 2.29. The molecule has 0 saturated heterocycles. The summed E-state index contributed by atoms with van der Waals surface area (Å²) in [6.45, 7) is 2.15. The summed E-state index contributed by atoms with van der Waals surface area (Å²) in [6.07, 6.45) is 7.14. The number of terminal acetylenes is 1. The van der Waals surface area contributed by atoms with Gasteiger partial charge in [-0.1, -0.05) is 35.4 Å². The Morgan fingerprint density at radius 3 is 2.79 bits per heavy atom. The first-order chi connectivity index (χ1) is 11.7. The molecule has 120 valence electrons. The van der Waals surface area contributed by atoms with Gasteiger partial charge in [0.25, 0.3) is 0 Å². The summed E-state index contributed by atoms with van der Waals surface area (Å²) < 4.78 is 6.27. The largest absolute Gasteiger partial charge is 0.480 e. The molecule has 0 radical (unpaired) electrons. The van der Waals surface area contributed by atoms with Crippen LogP contribution >= 0.6 is 15.9 Å². The van der Waals surface area contributed by atoms with Gasteiger partial charge in [0.1, 0.15) is 23.8 Å². The minimum atomic E-state index is 0.236. The fourth-order valence-corrected chi connectivity index (χ4v) is 2.67. The molecule has 2 aromatic carbocycles. The van der Waals surface area contributed by atoms with Gasteiger partial charge < -0.3 is 9.57 Å². The van der Waals surface area contributed by atoms with E-state index in [2.05, 4.69) is 27.0 Å². The van der Waals surface area contributed by atoms with Crippen molar-refractivity contribution < 1.29 is 9.57 Å². The standard InChI is InChI=1S/C19H15BrN2O2/c1-3-11-23-18-10-9-15(12-17(18)20)13-19-14(2)21-22(24-19)16-7-5-4-6-8-16/h1,4-10,12-13H,11H2,2H3/b19-13-. The molecule has 2 aromatic rings. The third kappa shape index (κ3) is 3.61. The van der Waals surface area contributed by atoms with Gasteiger partial charge in [-0.3, -0.25) is 0 Å². The topological polar surface area (TPSA) is 34.1 Å². The minimum absolute atomic E-state index is 0.236. The molecule has 0 bridgehead atoms. The second-order valence-electron chi connectivity index (χ2n) is 5.08. The Labute approximate surface area is 149 Å². The highest BCUT2D eigenvalue weighted by Gasteiger charge is 2.20. The van der Waals surface area contributed by atoms with Crippen molar-refractivity contribution >= 4 is 33.4 Å². The van der Waals surface area contributed by atoms with Crippen LogP contribution in [-0.2, 0) is 4.84 Å². The fraction of sp³-hybridized carbons (Fsp3) is 0.105. The lowest BCUT2D eigenvalue weighted by Gasteiger charge is -2.12. The fourth-order valence-electron chi connectivity index (χ4n) is 2.16. The zero-order valence-corrected chi connectivity index (χ0v) is 14.7. The van der Waals surface area contributed by atoms with E-state index in [4.69, 9.17) is 16.0 Å². The van der Waals surface area contributed by atoms with Crippen molar-refractivity contribution in [2.24, 2.45) is 5.10 Å². The van der Waals surface area contributed by atoms with E-state index in [0.29, 0.717) is 11.5 Å². The first-order valence-electron chi connectivity index (χ1n) is 7.33. The van der Waals surface area contributed by atoms with Crippen LogP contribution in [0.2, 0.25) is 0 Å². The van der Waals surface area contributed by atoms with Crippen molar-refractivity contribution in [3.8, 4) is 18.1 Å². The zero-order valence-electron chi connectivity index (χ0n) is 13.1. The maximum Gasteiger partial charge on any atom is 0.181 e. The molecule has 1 aliphatic rings. The molecular weight excluding hydrogens is 368 g/mol. The quantitative estimate of drug-likeness (QED) is 0.722. The summed E-state index contributed by atoms with van der Waals surface area (Å²) in [4.78, 5) is 5.82. The van der Waals surface area contributed by atoms with Crippen LogP contribution in [0.5, 0.6) is 5.75 Å². The molecule has 5 heteroatoms. The average molecular weight is 383 g/mol. The Hall–Kier alpha value is -2.71. The van der Waals surface area contributed by atoms with Gasteiger partial charge >= 0.3 is 0 Å². The van der Waals surface area contributed by atoms with Gasteiger partial charge in [-0.15, -0.1) is 11.5 Å². The van der Waals surface area contributed by atoms with E-state index in [1.165, 1.54) is 5.17 Å². The Bertz CT molecular complexity index is 838. The van der Waals surface area contributed by atoms with Crippen LogP contribution in [0.15, 0.2) is 63.9 Å². The summed E-state index contributed by atoms with van der Waals surface area (Å²) >= 11 is 3.49. The van der Waals surface area contributed by atoms with Crippen molar-refractivity contribution in [3.63, 3.8) is 0 Å². The van der Waals surface area contributed by atoms with Crippen LogP contribution < -0.4 is 9.91 Å². The van der Waals surface area contributed by atoms with E-state index < -0.39 is 0 Å². The highest BCUT2D eigenvalue weighted by molar-refractivity contribution is 9.10. The molecule has 0 aromatic heterocycles. The van der Waals surface area contributed by atoms with Gasteiger partial charge in [-0.05, 0) is 58.8 Å².